The molecule has 0 bridgehead atoms. The minimum Gasteiger partial charge on any atom is -0.344 e. The fraction of sp³-hybridized carbons (Fsp3) is 0.667. The third-order valence-electron chi connectivity index (χ3n) is 7.54. The minimum atomic E-state index is -3.57. The van der Waals surface area contributed by atoms with Crippen LogP contribution in [0, 0.1) is 0 Å². The van der Waals surface area contributed by atoms with Crippen molar-refractivity contribution >= 4 is 20.2 Å². The van der Waals surface area contributed by atoms with E-state index in [1.54, 1.807) is 60.7 Å². The van der Waals surface area contributed by atoms with Gasteiger partial charge in [-0.05, 0) is 37.1 Å². The molecule has 0 aliphatic heterocycles. The highest BCUT2D eigenvalue weighted by Gasteiger charge is 2.14. The standard InChI is InChI=1S/2C18H30O3S.2H3N/c2*1-2-3-4-5-6-7-8-9-10-14-17-21-22(19,20)18-15-12-11-13-16-18;;/h2*11-13,15-16H,2-10,14,17H2,1H3;2*1H3. The van der Waals surface area contributed by atoms with E-state index in [9.17, 15) is 16.8 Å². The predicted molar refractivity (Wildman–Crippen MR) is 193 cm³/mol. The van der Waals surface area contributed by atoms with Crippen LogP contribution in [0.2, 0.25) is 0 Å². The molecule has 0 aromatic heterocycles. The van der Waals surface area contributed by atoms with Gasteiger partial charge in [0.25, 0.3) is 20.2 Å². The van der Waals surface area contributed by atoms with Crippen molar-refractivity contribution in [2.75, 3.05) is 13.2 Å². The smallest absolute Gasteiger partial charge is 0.296 e. The molecule has 0 unspecified atom stereocenters. The average Bonchev–Trinajstić information content (AvgIpc) is 3.03. The minimum absolute atomic E-state index is 0. The van der Waals surface area contributed by atoms with E-state index < -0.39 is 20.2 Å². The summed E-state index contributed by atoms with van der Waals surface area (Å²) < 4.78 is 57.6. The molecule has 0 atom stereocenters. The van der Waals surface area contributed by atoms with E-state index in [1.807, 2.05) is 0 Å². The maximum atomic E-state index is 11.9. The van der Waals surface area contributed by atoms with Gasteiger partial charge in [-0.25, -0.2) is 0 Å². The topological polar surface area (TPSA) is 157 Å². The molecule has 268 valence electrons. The van der Waals surface area contributed by atoms with Gasteiger partial charge in [-0.15, -0.1) is 0 Å². The van der Waals surface area contributed by atoms with E-state index in [-0.39, 0.29) is 35.3 Å². The van der Waals surface area contributed by atoms with Gasteiger partial charge in [-0.2, -0.15) is 16.8 Å². The fourth-order valence-corrected chi connectivity index (χ4v) is 6.75. The average molecular weight is 687 g/mol. The van der Waals surface area contributed by atoms with Gasteiger partial charge in [-0.3, -0.25) is 8.37 Å². The Kier molecular flexibility index (Phi) is 30.7. The van der Waals surface area contributed by atoms with Crippen LogP contribution in [0.25, 0.3) is 0 Å². The lowest BCUT2D eigenvalue weighted by Gasteiger charge is -2.05. The third kappa shape index (κ3) is 24.4. The van der Waals surface area contributed by atoms with Crippen LogP contribution >= 0.6 is 0 Å². The number of rotatable bonds is 26. The SMILES string of the molecule is CCCCCCCCCCCCOS(=O)(=O)c1ccccc1.CCCCCCCCCCCCOS(=O)(=O)c1ccccc1.N.N. The molecule has 0 amide bonds. The zero-order chi connectivity index (χ0) is 32.2. The molecular weight excluding hydrogens is 621 g/mol. The molecule has 0 aliphatic carbocycles. The maximum absolute atomic E-state index is 11.9. The van der Waals surface area contributed by atoms with Gasteiger partial charge in [0.1, 0.15) is 0 Å². The van der Waals surface area contributed by atoms with Crippen LogP contribution in [-0.2, 0) is 28.6 Å². The monoisotopic (exact) mass is 686 g/mol. The lowest BCUT2D eigenvalue weighted by molar-refractivity contribution is 0.305. The van der Waals surface area contributed by atoms with Crippen molar-refractivity contribution in [2.24, 2.45) is 0 Å². The normalized spacial score (nSPS) is 11.2. The number of unbranched alkanes of at least 4 members (excludes halogenated alkanes) is 18. The summed E-state index contributed by atoms with van der Waals surface area (Å²) in [4.78, 5) is 0.476. The predicted octanol–water partition coefficient (Wildman–Crippen LogP) is 10.9. The summed E-state index contributed by atoms with van der Waals surface area (Å²) in [5, 5.41) is 0. The van der Waals surface area contributed by atoms with Crippen molar-refractivity contribution in [3.05, 3.63) is 60.7 Å². The Morgan fingerprint density at radius 2 is 0.630 bits per heavy atom. The Hall–Kier alpha value is -1.82. The first kappa shape index (κ1) is 46.3. The number of hydrogen-bond donors (Lipinski definition) is 2. The molecule has 2 rings (SSSR count). The number of benzene rings is 2. The van der Waals surface area contributed by atoms with Crippen molar-refractivity contribution in [2.45, 2.75) is 152 Å². The highest BCUT2D eigenvalue weighted by atomic mass is 32.2. The fourth-order valence-electron chi connectivity index (χ4n) is 4.83. The molecule has 2 aromatic carbocycles. The molecule has 0 fully saturated rings. The first-order valence-electron chi connectivity index (χ1n) is 17.2. The molecular formula is C36H66N2O6S2. The second-order valence-corrected chi connectivity index (χ2v) is 14.8. The first-order chi connectivity index (χ1) is 21.3. The molecule has 0 heterocycles. The molecule has 8 nitrogen and oxygen atoms in total. The van der Waals surface area contributed by atoms with Crippen LogP contribution in [-0.4, -0.2) is 30.0 Å². The van der Waals surface area contributed by atoms with E-state index in [0.29, 0.717) is 0 Å². The van der Waals surface area contributed by atoms with E-state index in [4.69, 9.17) is 8.37 Å². The van der Waals surface area contributed by atoms with Crippen molar-refractivity contribution < 1.29 is 25.2 Å². The van der Waals surface area contributed by atoms with Gasteiger partial charge < -0.3 is 12.3 Å². The van der Waals surface area contributed by atoms with Crippen molar-refractivity contribution in [1.82, 2.24) is 12.3 Å². The summed E-state index contributed by atoms with van der Waals surface area (Å²) in [5.74, 6) is 0. The molecule has 46 heavy (non-hydrogen) atoms. The molecule has 0 aliphatic rings. The Morgan fingerprint density at radius 1 is 0.391 bits per heavy atom. The van der Waals surface area contributed by atoms with Crippen LogP contribution in [0.5, 0.6) is 0 Å². The van der Waals surface area contributed by atoms with E-state index in [1.165, 1.54) is 103 Å². The van der Waals surface area contributed by atoms with Crippen LogP contribution in [0.3, 0.4) is 0 Å². The second-order valence-electron chi connectivity index (χ2n) is 11.5. The van der Waals surface area contributed by atoms with Gasteiger partial charge in [0.05, 0.1) is 23.0 Å². The summed E-state index contributed by atoms with van der Waals surface area (Å²) in [6.45, 7) is 5.04. The maximum Gasteiger partial charge on any atom is 0.296 e. The van der Waals surface area contributed by atoms with E-state index in [0.717, 1.165) is 25.7 Å². The Bertz CT molecular complexity index is 1040. The van der Waals surface area contributed by atoms with Gasteiger partial charge in [-0.1, -0.05) is 166 Å². The van der Waals surface area contributed by atoms with Crippen LogP contribution in [0.1, 0.15) is 142 Å². The summed E-state index contributed by atoms with van der Waals surface area (Å²) in [7, 11) is -7.14. The molecule has 0 saturated heterocycles. The lowest BCUT2D eigenvalue weighted by atomic mass is 10.1. The largest absolute Gasteiger partial charge is 0.344 e. The van der Waals surface area contributed by atoms with Crippen LogP contribution in [0.15, 0.2) is 70.5 Å². The van der Waals surface area contributed by atoms with Crippen LogP contribution < -0.4 is 12.3 Å². The van der Waals surface area contributed by atoms with Crippen molar-refractivity contribution in [3.8, 4) is 0 Å². The Balaban J connectivity index is 0. The molecule has 2 aromatic rings. The molecule has 10 heteroatoms. The molecule has 0 saturated carbocycles. The van der Waals surface area contributed by atoms with Gasteiger partial charge >= 0.3 is 0 Å². The van der Waals surface area contributed by atoms with E-state index >= 15 is 0 Å². The zero-order valence-electron chi connectivity index (χ0n) is 29.0. The zero-order valence-corrected chi connectivity index (χ0v) is 30.6. The Morgan fingerprint density at radius 3 is 0.891 bits per heavy atom. The van der Waals surface area contributed by atoms with Gasteiger partial charge in [0.15, 0.2) is 0 Å². The van der Waals surface area contributed by atoms with Crippen LogP contribution in [0.4, 0.5) is 0 Å². The van der Waals surface area contributed by atoms with Crippen molar-refractivity contribution in [3.63, 3.8) is 0 Å². The van der Waals surface area contributed by atoms with E-state index in [2.05, 4.69) is 13.8 Å². The first-order valence-corrected chi connectivity index (χ1v) is 20.0. The third-order valence-corrected chi connectivity index (χ3v) is 10.2. The highest BCUT2D eigenvalue weighted by molar-refractivity contribution is 7.87. The van der Waals surface area contributed by atoms with Gasteiger partial charge in [0, 0.05) is 0 Å². The summed E-state index contributed by atoms with van der Waals surface area (Å²) in [6, 6.07) is 16.7. The molecule has 0 radical (unpaired) electrons. The lowest BCUT2D eigenvalue weighted by Crippen LogP contribution is -2.07. The highest BCUT2D eigenvalue weighted by Crippen LogP contribution is 2.15. The second kappa shape index (κ2) is 30.5. The summed E-state index contributed by atoms with van der Waals surface area (Å²) in [5.41, 5.74) is 0. The summed E-state index contributed by atoms with van der Waals surface area (Å²) >= 11 is 0. The quantitative estimate of drug-likeness (QED) is 0.0731. The number of hydrogen-bond acceptors (Lipinski definition) is 8. The van der Waals surface area contributed by atoms with Gasteiger partial charge in [0.2, 0.25) is 0 Å². The Labute approximate surface area is 282 Å². The molecule has 0 spiro atoms. The summed E-state index contributed by atoms with van der Waals surface area (Å²) in [6.07, 6.45) is 24.5. The molecule has 6 N–H and O–H groups in total. The van der Waals surface area contributed by atoms with Crippen molar-refractivity contribution in [1.29, 1.82) is 0 Å².